The monoisotopic (exact) mass is 364 g/mol. The summed E-state index contributed by atoms with van der Waals surface area (Å²) in [4.78, 5) is 23.6. The molecule has 0 saturated heterocycles. The van der Waals surface area contributed by atoms with E-state index in [0.717, 1.165) is 22.8 Å². The van der Waals surface area contributed by atoms with Crippen molar-refractivity contribution in [2.24, 2.45) is 0 Å². The summed E-state index contributed by atoms with van der Waals surface area (Å²) in [5, 5.41) is 7.97. The fraction of sp³-hybridized carbons (Fsp3) is 0.400. The fourth-order valence-corrected chi connectivity index (χ4v) is 3.45. The molecule has 3 heterocycles. The van der Waals surface area contributed by atoms with Gasteiger partial charge in [-0.3, -0.25) is 9.48 Å². The summed E-state index contributed by atoms with van der Waals surface area (Å²) in [5.74, 6) is 1.30. The van der Waals surface area contributed by atoms with Gasteiger partial charge >= 0.3 is 0 Å². The molecule has 7 heteroatoms. The molecule has 1 fully saturated rings. The maximum Gasteiger partial charge on any atom is 0.254 e. The number of H-pyrrole nitrogens is 1. The van der Waals surface area contributed by atoms with Crippen molar-refractivity contribution in [1.82, 2.24) is 24.7 Å². The highest BCUT2D eigenvalue weighted by Crippen LogP contribution is 2.28. The highest BCUT2D eigenvalue weighted by atomic mass is 16.1. The average molecular weight is 364 g/mol. The number of hydrogen-bond donors (Lipinski definition) is 2. The third-order valence-corrected chi connectivity index (χ3v) is 5.24. The van der Waals surface area contributed by atoms with Crippen LogP contribution in [-0.2, 0) is 6.54 Å². The minimum Gasteiger partial charge on any atom is -0.364 e. The number of rotatable bonds is 5. The van der Waals surface area contributed by atoms with E-state index in [1.807, 2.05) is 19.1 Å². The molecule has 0 unspecified atom stereocenters. The second-order valence-corrected chi connectivity index (χ2v) is 7.14. The summed E-state index contributed by atoms with van der Waals surface area (Å²) in [5.41, 5.74) is 3.05. The predicted octanol–water partition coefficient (Wildman–Crippen LogP) is 3.37. The first-order valence-electron chi connectivity index (χ1n) is 9.42. The molecule has 0 bridgehead atoms. The van der Waals surface area contributed by atoms with Crippen LogP contribution < -0.4 is 10.9 Å². The van der Waals surface area contributed by atoms with E-state index < -0.39 is 0 Å². The largest absolute Gasteiger partial charge is 0.364 e. The third-order valence-electron chi connectivity index (χ3n) is 5.24. The molecule has 0 aromatic carbocycles. The van der Waals surface area contributed by atoms with Crippen LogP contribution in [-0.4, -0.2) is 24.7 Å². The lowest BCUT2D eigenvalue weighted by Gasteiger charge is -2.09. The van der Waals surface area contributed by atoms with E-state index in [-0.39, 0.29) is 5.56 Å². The molecule has 0 radical (unpaired) electrons. The quantitative estimate of drug-likeness (QED) is 0.725. The van der Waals surface area contributed by atoms with Gasteiger partial charge in [0.1, 0.15) is 11.6 Å². The first-order valence-corrected chi connectivity index (χ1v) is 9.42. The van der Waals surface area contributed by atoms with Crippen LogP contribution in [0, 0.1) is 13.8 Å². The number of aromatic nitrogens is 5. The molecule has 140 valence electrons. The number of nitrogens with one attached hydrogen (secondary N) is 2. The van der Waals surface area contributed by atoms with Crippen molar-refractivity contribution < 1.29 is 0 Å². The number of pyridine rings is 1. The molecule has 27 heavy (non-hydrogen) atoms. The van der Waals surface area contributed by atoms with E-state index >= 15 is 0 Å². The van der Waals surface area contributed by atoms with Crippen molar-refractivity contribution in [3.8, 4) is 11.4 Å². The van der Waals surface area contributed by atoms with Crippen molar-refractivity contribution >= 4 is 5.82 Å². The van der Waals surface area contributed by atoms with Gasteiger partial charge in [0.2, 0.25) is 0 Å². The van der Waals surface area contributed by atoms with Gasteiger partial charge in [0.25, 0.3) is 5.56 Å². The van der Waals surface area contributed by atoms with Gasteiger partial charge in [-0.05, 0) is 44.9 Å². The lowest BCUT2D eigenvalue weighted by molar-refractivity contribution is 0.463. The average Bonchev–Trinajstić information content (AvgIpc) is 3.36. The zero-order chi connectivity index (χ0) is 18.8. The van der Waals surface area contributed by atoms with Gasteiger partial charge in [-0.2, -0.15) is 5.10 Å². The van der Waals surface area contributed by atoms with Crippen LogP contribution in [0.4, 0.5) is 5.82 Å². The van der Waals surface area contributed by atoms with E-state index in [4.69, 9.17) is 0 Å². The molecule has 0 aliphatic heterocycles. The number of aryl methyl sites for hydroxylation is 1. The molecule has 1 aliphatic rings. The zero-order valence-electron chi connectivity index (χ0n) is 15.7. The van der Waals surface area contributed by atoms with Gasteiger partial charge in [-0.15, -0.1) is 0 Å². The Labute approximate surface area is 157 Å². The van der Waals surface area contributed by atoms with Crippen molar-refractivity contribution in [3.63, 3.8) is 0 Å². The molecule has 7 nitrogen and oxygen atoms in total. The zero-order valence-corrected chi connectivity index (χ0v) is 15.7. The Balaban J connectivity index is 1.42. The lowest BCUT2D eigenvalue weighted by Crippen LogP contribution is -2.14. The topological polar surface area (TPSA) is 88.5 Å². The van der Waals surface area contributed by atoms with Crippen LogP contribution >= 0.6 is 0 Å². The summed E-state index contributed by atoms with van der Waals surface area (Å²) in [6, 6.07) is 6.41. The molecule has 3 aromatic rings. The SMILES string of the molecule is Cc1nc(-c2ccc(NCc3ccn(C4CCCC4)n3)nc2)[nH]c(=O)c1C. The van der Waals surface area contributed by atoms with Gasteiger partial charge in [0, 0.05) is 29.2 Å². The Bertz CT molecular complexity index is 982. The maximum atomic E-state index is 11.9. The van der Waals surface area contributed by atoms with Crippen molar-refractivity contribution in [3.05, 3.63) is 57.9 Å². The maximum absolute atomic E-state index is 11.9. The smallest absolute Gasteiger partial charge is 0.254 e. The van der Waals surface area contributed by atoms with E-state index in [0.29, 0.717) is 24.0 Å². The van der Waals surface area contributed by atoms with Crippen molar-refractivity contribution in [1.29, 1.82) is 0 Å². The highest BCUT2D eigenvalue weighted by Gasteiger charge is 2.17. The highest BCUT2D eigenvalue weighted by molar-refractivity contribution is 5.56. The number of aromatic amines is 1. The van der Waals surface area contributed by atoms with Crippen LogP contribution in [0.3, 0.4) is 0 Å². The molecule has 1 saturated carbocycles. The standard InChI is InChI=1S/C20H24N6O/c1-13-14(2)23-19(24-20(13)27)15-7-8-18(21-11-15)22-12-16-9-10-26(25-16)17-5-3-4-6-17/h7-11,17H,3-6,12H2,1-2H3,(H,21,22)(H,23,24,27). The van der Waals surface area contributed by atoms with Crippen LogP contribution in [0.15, 0.2) is 35.4 Å². The molecule has 0 amide bonds. The summed E-state index contributed by atoms with van der Waals surface area (Å²) in [7, 11) is 0. The summed E-state index contributed by atoms with van der Waals surface area (Å²) < 4.78 is 2.10. The molecular formula is C20H24N6O. The van der Waals surface area contributed by atoms with Gasteiger partial charge in [-0.25, -0.2) is 9.97 Å². The van der Waals surface area contributed by atoms with Crippen LogP contribution in [0.2, 0.25) is 0 Å². The van der Waals surface area contributed by atoms with Gasteiger partial charge < -0.3 is 10.3 Å². The molecule has 3 aromatic heterocycles. The van der Waals surface area contributed by atoms with E-state index in [9.17, 15) is 4.79 Å². The molecule has 4 rings (SSSR count). The Hall–Kier alpha value is -2.96. The second-order valence-electron chi connectivity index (χ2n) is 7.14. The summed E-state index contributed by atoms with van der Waals surface area (Å²) in [6.45, 7) is 4.23. The molecule has 1 aliphatic carbocycles. The van der Waals surface area contributed by atoms with Gasteiger partial charge in [0.15, 0.2) is 0 Å². The molecule has 0 spiro atoms. The Morgan fingerprint density at radius 1 is 1.22 bits per heavy atom. The van der Waals surface area contributed by atoms with Crippen molar-refractivity contribution in [2.75, 3.05) is 5.32 Å². The number of anilines is 1. The van der Waals surface area contributed by atoms with E-state index in [2.05, 4.69) is 42.3 Å². The summed E-state index contributed by atoms with van der Waals surface area (Å²) >= 11 is 0. The molecular weight excluding hydrogens is 340 g/mol. The first-order chi connectivity index (χ1) is 13.1. The third kappa shape index (κ3) is 3.77. The fourth-order valence-electron chi connectivity index (χ4n) is 3.45. The summed E-state index contributed by atoms with van der Waals surface area (Å²) in [6.07, 6.45) is 8.85. The normalized spacial score (nSPS) is 14.6. The van der Waals surface area contributed by atoms with Crippen LogP contribution in [0.25, 0.3) is 11.4 Å². The number of nitrogens with zero attached hydrogens (tertiary/aromatic N) is 4. The van der Waals surface area contributed by atoms with Crippen LogP contribution in [0.5, 0.6) is 0 Å². The Morgan fingerprint density at radius 2 is 2.04 bits per heavy atom. The second kappa shape index (κ2) is 7.34. The van der Waals surface area contributed by atoms with Gasteiger partial charge in [0.05, 0.1) is 18.3 Å². The van der Waals surface area contributed by atoms with Crippen molar-refractivity contribution in [2.45, 2.75) is 52.1 Å². The molecule has 2 N–H and O–H groups in total. The minimum absolute atomic E-state index is 0.113. The number of hydrogen-bond acceptors (Lipinski definition) is 5. The van der Waals surface area contributed by atoms with Gasteiger partial charge in [-0.1, -0.05) is 12.8 Å². The Morgan fingerprint density at radius 3 is 2.74 bits per heavy atom. The van der Waals surface area contributed by atoms with Crippen LogP contribution in [0.1, 0.15) is 48.7 Å². The lowest BCUT2D eigenvalue weighted by atomic mass is 10.2. The Kier molecular flexibility index (Phi) is 4.75. The predicted molar refractivity (Wildman–Crippen MR) is 105 cm³/mol. The first kappa shape index (κ1) is 17.5. The molecule has 0 atom stereocenters. The van der Waals surface area contributed by atoms with E-state index in [1.54, 1.807) is 13.1 Å². The van der Waals surface area contributed by atoms with E-state index in [1.165, 1.54) is 25.7 Å². The minimum atomic E-state index is -0.113.